The minimum absolute atomic E-state index is 0.000926. The van der Waals surface area contributed by atoms with E-state index < -0.39 is 6.09 Å². The molecule has 70 valence electrons. The molecule has 2 rings (SSSR count). The van der Waals surface area contributed by atoms with E-state index in [4.69, 9.17) is 10.5 Å². The fraction of sp³-hybridized carbons (Fsp3) is 0.375. The lowest BCUT2D eigenvalue weighted by Gasteiger charge is -1.97. The van der Waals surface area contributed by atoms with Crippen LogP contribution in [0.15, 0.2) is 15.2 Å². The molecule has 13 heavy (non-hydrogen) atoms. The van der Waals surface area contributed by atoms with Crippen LogP contribution < -0.4 is 5.73 Å². The zero-order valence-electron chi connectivity index (χ0n) is 6.70. The fourth-order valence-corrected chi connectivity index (χ4v) is 2.56. The summed E-state index contributed by atoms with van der Waals surface area (Å²) in [4.78, 5) is 10.4. The summed E-state index contributed by atoms with van der Waals surface area (Å²) in [5.74, 6) is 0.357. The molecule has 2 N–H and O–H groups in total. The molecule has 1 aliphatic carbocycles. The van der Waals surface area contributed by atoms with Gasteiger partial charge in [0.25, 0.3) is 0 Å². The molecule has 0 unspecified atom stereocenters. The number of halogens is 1. The Hall–Kier alpha value is -0.550. The number of hydrogen-bond acceptors (Lipinski definition) is 3. The van der Waals surface area contributed by atoms with Crippen molar-refractivity contribution in [1.82, 2.24) is 0 Å². The van der Waals surface area contributed by atoms with Gasteiger partial charge in [-0.15, -0.1) is 11.3 Å². The number of rotatable bonds is 2. The van der Waals surface area contributed by atoms with Crippen LogP contribution >= 0.6 is 27.3 Å². The molecule has 1 amide bonds. The van der Waals surface area contributed by atoms with Gasteiger partial charge in [-0.1, -0.05) is 0 Å². The van der Waals surface area contributed by atoms with Gasteiger partial charge < -0.3 is 10.5 Å². The van der Waals surface area contributed by atoms with Crippen molar-refractivity contribution in [2.24, 2.45) is 5.73 Å². The number of ether oxygens (including phenoxy) is 1. The van der Waals surface area contributed by atoms with Crippen molar-refractivity contribution in [3.8, 4) is 0 Å². The van der Waals surface area contributed by atoms with E-state index in [1.54, 1.807) is 11.3 Å². The van der Waals surface area contributed by atoms with E-state index in [2.05, 4.69) is 27.4 Å². The molecule has 0 bridgehead atoms. The van der Waals surface area contributed by atoms with Crippen LogP contribution in [-0.4, -0.2) is 12.2 Å². The second-order valence-electron chi connectivity index (χ2n) is 3.00. The molecule has 1 saturated carbocycles. The molecule has 5 heteroatoms. The fourth-order valence-electron chi connectivity index (χ4n) is 1.32. The quantitative estimate of drug-likeness (QED) is 0.890. The summed E-state index contributed by atoms with van der Waals surface area (Å²) in [5, 5.41) is 2.07. The molecule has 0 aliphatic heterocycles. The molecule has 3 nitrogen and oxygen atoms in total. The van der Waals surface area contributed by atoms with Gasteiger partial charge in [0, 0.05) is 5.92 Å². The van der Waals surface area contributed by atoms with Gasteiger partial charge in [0.2, 0.25) is 0 Å². The maximum Gasteiger partial charge on any atom is 0.404 e. The Kier molecular flexibility index (Phi) is 2.29. The van der Waals surface area contributed by atoms with Gasteiger partial charge >= 0.3 is 6.09 Å². The van der Waals surface area contributed by atoms with Crippen molar-refractivity contribution in [2.45, 2.75) is 18.4 Å². The highest BCUT2D eigenvalue weighted by atomic mass is 79.9. The Morgan fingerprint density at radius 1 is 1.77 bits per heavy atom. The molecule has 0 aromatic carbocycles. The van der Waals surface area contributed by atoms with Crippen molar-refractivity contribution in [3.05, 3.63) is 20.8 Å². The van der Waals surface area contributed by atoms with Gasteiger partial charge in [-0.25, -0.2) is 4.79 Å². The summed E-state index contributed by atoms with van der Waals surface area (Å²) in [6, 6.07) is 2.06. The van der Waals surface area contributed by atoms with Crippen LogP contribution in [0, 0.1) is 0 Å². The van der Waals surface area contributed by atoms with E-state index in [-0.39, 0.29) is 6.10 Å². The van der Waals surface area contributed by atoms with E-state index in [1.807, 2.05) is 0 Å². The number of carbonyl (C=O) groups is 1. The van der Waals surface area contributed by atoms with Crippen LogP contribution in [0.1, 0.15) is 17.9 Å². The number of thiophene rings is 1. The molecule has 0 radical (unpaired) electrons. The van der Waals surface area contributed by atoms with E-state index >= 15 is 0 Å². The number of hydrogen-bond donors (Lipinski definition) is 1. The summed E-state index contributed by atoms with van der Waals surface area (Å²) >= 11 is 5.02. The van der Waals surface area contributed by atoms with Gasteiger partial charge in [0.15, 0.2) is 0 Å². The zero-order valence-corrected chi connectivity index (χ0v) is 9.10. The van der Waals surface area contributed by atoms with Crippen molar-refractivity contribution in [1.29, 1.82) is 0 Å². The summed E-state index contributed by atoms with van der Waals surface area (Å²) in [6.07, 6.45) is 0.215. The molecule has 2 atom stereocenters. The van der Waals surface area contributed by atoms with Crippen molar-refractivity contribution in [2.75, 3.05) is 0 Å². The van der Waals surface area contributed by atoms with Crippen LogP contribution in [0.4, 0.5) is 4.79 Å². The topological polar surface area (TPSA) is 52.3 Å². The average Bonchev–Trinajstić information content (AvgIpc) is 2.63. The van der Waals surface area contributed by atoms with Gasteiger partial charge in [-0.3, -0.25) is 0 Å². The third kappa shape index (κ3) is 2.03. The summed E-state index contributed by atoms with van der Waals surface area (Å²) < 4.78 is 5.97. The minimum atomic E-state index is -0.679. The van der Waals surface area contributed by atoms with Crippen molar-refractivity contribution >= 4 is 33.4 Å². The second kappa shape index (κ2) is 3.31. The van der Waals surface area contributed by atoms with Gasteiger partial charge in [0.1, 0.15) is 6.10 Å². The minimum Gasteiger partial charge on any atom is -0.446 e. The smallest absolute Gasteiger partial charge is 0.404 e. The van der Waals surface area contributed by atoms with Crippen LogP contribution in [0.2, 0.25) is 0 Å². The van der Waals surface area contributed by atoms with E-state index in [9.17, 15) is 4.79 Å². The first-order chi connectivity index (χ1) is 6.16. The van der Waals surface area contributed by atoms with Gasteiger partial charge in [0.05, 0.1) is 3.79 Å². The Morgan fingerprint density at radius 3 is 3.08 bits per heavy atom. The maximum absolute atomic E-state index is 10.4. The van der Waals surface area contributed by atoms with Gasteiger partial charge in [-0.2, -0.15) is 0 Å². The largest absolute Gasteiger partial charge is 0.446 e. The molecule has 1 aromatic heterocycles. The third-order valence-electron chi connectivity index (χ3n) is 2.02. The van der Waals surface area contributed by atoms with E-state index in [0.717, 1.165) is 10.2 Å². The highest BCUT2D eigenvalue weighted by molar-refractivity contribution is 9.11. The summed E-state index contributed by atoms with van der Waals surface area (Å²) in [7, 11) is 0. The lowest BCUT2D eigenvalue weighted by Crippen LogP contribution is -2.14. The first-order valence-corrected chi connectivity index (χ1v) is 5.54. The van der Waals surface area contributed by atoms with Crippen LogP contribution in [0.5, 0.6) is 0 Å². The first kappa shape index (κ1) is 9.02. The number of carbonyl (C=O) groups excluding carboxylic acids is 1. The Balaban J connectivity index is 1.96. The number of amides is 1. The van der Waals surface area contributed by atoms with Gasteiger partial charge in [-0.05, 0) is 39.4 Å². The maximum atomic E-state index is 10.4. The Morgan fingerprint density at radius 2 is 2.54 bits per heavy atom. The normalized spacial score (nSPS) is 25.6. The molecule has 0 spiro atoms. The predicted molar refractivity (Wildman–Crippen MR) is 53.8 cm³/mol. The third-order valence-corrected chi connectivity index (χ3v) is 3.54. The highest BCUT2D eigenvalue weighted by Gasteiger charge is 2.42. The Labute approximate surface area is 88.0 Å². The lowest BCUT2D eigenvalue weighted by atomic mass is 10.2. The lowest BCUT2D eigenvalue weighted by molar-refractivity contribution is 0.147. The molecule has 1 fully saturated rings. The standard InChI is InChI=1S/C8H8BrNO2S/c9-7-1-4(3-13-7)5-2-6(5)12-8(10)11/h1,3,5-6H,2H2,(H2,10,11)/t5-,6+/m0/s1. The predicted octanol–water partition coefficient (Wildman–Crippen LogP) is 2.46. The molecule has 1 aromatic rings. The average molecular weight is 262 g/mol. The first-order valence-electron chi connectivity index (χ1n) is 3.87. The molecule has 1 heterocycles. The summed E-state index contributed by atoms with van der Waals surface area (Å²) in [5.41, 5.74) is 6.14. The SMILES string of the molecule is NC(=O)O[C@@H]1C[C@H]1c1csc(Br)c1. The molecular weight excluding hydrogens is 254 g/mol. The van der Waals surface area contributed by atoms with Crippen LogP contribution in [0.25, 0.3) is 0 Å². The number of primary amides is 1. The van der Waals surface area contributed by atoms with E-state index in [0.29, 0.717) is 5.92 Å². The zero-order chi connectivity index (χ0) is 9.42. The van der Waals surface area contributed by atoms with E-state index in [1.165, 1.54) is 5.56 Å². The highest BCUT2D eigenvalue weighted by Crippen LogP contribution is 2.45. The molecule has 1 aliphatic rings. The Bertz CT molecular complexity index is 339. The monoisotopic (exact) mass is 261 g/mol. The van der Waals surface area contributed by atoms with Crippen molar-refractivity contribution < 1.29 is 9.53 Å². The number of nitrogens with two attached hydrogens (primary N) is 1. The van der Waals surface area contributed by atoms with Crippen LogP contribution in [-0.2, 0) is 4.74 Å². The van der Waals surface area contributed by atoms with Crippen LogP contribution in [0.3, 0.4) is 0 Å². The summed E-state index contributed by atoms with van der Waals surface area (Å²) in [6.45, 7) is 0. The molecular formula is C8H8BrNO2S. The second-order valence-corrected chi connectivity index (χ2v) is 5.29. The van der Waals surface area contributed by atoms with Crippen molar-refractivity contribution in [3.63, 3.8) is 0 Å². The molecule has 0 saturated heterocycles.